The third-order valence-corrected chi connectivity index (χ3v) is 3.77. The smallest absolute Gasteiger partial charge is 0.230 e. The molecular weight excluding hydrogens is 300 g/mol. The Bertz CT molecular complexity index is 539. The predicted molar refractivity (Wildman–Crippen MR) is 73.3 cm³/mol. The number of pyridine rings is 1. The van der Waals surface area contributed by atoms with Crippen LogP contribution >= 0.6 is 27.3 Å². The predicted octanol–water partition coefficient (Wildman–Crippen LogP) is 3.40. The summed E-state index contributed by atoms with van der Waals surface area (Å²) in [6.45, 7) is 1.97. The van der Waals surface area contributed by atoms with E-state index < -0.39 is 0 Å². The minimum Gasteiger partial charge on any atom is -0.310 e. The molecule has 0 aliphatic carbocycles. The molecule has 0 spiro atoms. The van der Waals surface area contributed by atoms with Crippen molar-refractivity contribution in [3.05, 3.63) is 44.7 Å². The zero-order chi connectivity index (χ0) is 12.3. The van der Waals surface area contributed by atoms with Crippen molar-refractivity contribution in [2.75, 3.05) is 5.32 Å². The molecule has 0 unspecified atom stereocenters. The molecule has 0 aromatic carbocycles. The molecular formula is C12H11BrN2OS. The van der Waals surface area contributed by atoms with E-state index in [4.69, 9.17) is 0 Å². The molecule has 0 aliphatic rings. The maximum absolute atomic E-state index is 11.7. The second kappa shape index (κ2) is 5.42. The summed E-state index contributed by atoms with van der Waals surface area (Å²) < 4.78 is 1.04. The van der Waals surface area contributed by atoms with Crippen LogP contribution in [0, 0.1) is 6.92 Å². The van der Waals surface area contributed by atoms with Crippen LogP contribution in [0.1, 0.15) is 10.4 Å². The maximum atomic E-state index is 11.7. The van der Waals surface area contributed by atoms with Gasteiger partial charge in [0.15, 0.2) is 0 Å². The number of nitrogens with zero attached hydrogens (tertiary/aromatic N) is 1. The van der Waals surface area contributed by atoms with Gasteiger partial charge in [-0.15, -0.1) is 11.3 Å². The van der Waals surface area contributed by atoms with Gasteiger partial charge in [0.2, 0.25) is 5.91 Å². The van der Waals surface area contributed by atoms with Crippen LogP contribution in [0.25, 0.3) is 0 Å². The summed E-state index contributed by atoms with van der Waals surface area (Å²) in [5, 5.41) is 2.78. The molecule has 0 bridgehead atoms. The molecule has 2 rings (SSSR count). The average molecular weight is 311 g/mol. The number of aryl methyl sites for hydroxylation is 1. The van der Waals surface area contributed by atoms with E-state index in [1.54, 1.807) is 17.5 Å². The van der Waals surface area contributed by atoms with Gasteiger partial charge in [-0.1, -0.05) is 0 Å². The number of anilines is 1. The molecule has 3 nitrogen and oxygen atoms in total. The van der Waals surface area contributed by atoms with Gasteiger partial charge >= 0.3 is 0 Å². The zero-order valence-electron chi connectivity index (χ0n) is 9.24. The van der Waals surface area contributed by atoms with Crippen molar-refractivity contribution in [3.63, 3.8) is 0 Å². The van der Waals surface area contributed by atoms with Crippen LogP contribution in [0.3, 0.4) is 0 Å². The SMILES string of the molecule is Cc1ccnc(NC(=O)Cc2ccc(Br)s2)c1. The number of rotatable bonds is 3. The van der Waals surface area contributed by atoms with Gasteiger partial charge in [-0.2, -0.15) is 0 Å². The molecule has 1 amide bonds. The zero-order valence-corrected chi connectivity index (χ0v) is 11.6. The molecule has 5 heteroatoms. The summed E-state index contributed by atoms with van der Waals surface area (Å²) in [5.74, 6) is 0.558. The topological polar surface area (TPSA) is 42.0 Å². The number of carbonyl (C=O) groups excluding carboxylic acids is 1. The van der Waals surface area contributed by atoms with Crippen molar-refractivity contribution in [2.24, 2.45) is 0 Å². The Morgan fingerprint density at radius 2 is 2.29 bits per heavy atom. The second-order valence-corrected chi connectivity index (χ2v) is 6.20. The fraction of sp³-hybridized carbons (Fsp3) is 0.167. The molecule has 88 valence electrons. The largest absolute Gasteiger partial charge is 0.310 e. The van der Waals surface area contributed by atoms with Crippen LogP contribution < -0.4 is 5.32 Å². The lowest BCUT2D eigenvalue weighted by Crippen LogP contribution is -2.14. The summed E-state index contributed by atoms with van der Waals surface area (Å²) in [6.07, 6.45) is 2.07. The van der Waals surface area contributed by atoms with E-state index in [2.05, 4.69) is 26.2 Å². The van der Waals surface area contributed by atoms with Gasteiger partial charge in [-0.3, -0.25) is 4.79 Å². The van der Waals surface area contributed by atoms with E-state index in [1.165, 1.54) is 0 Å². The van der Waals surface area contributed by atoms with Crippen LogP contribution in [0.15, 0.2) is 34.2 Å². The van der Waals surface area contributed by atoms with E-state index in [0.717, 1.165) is 14.2 Å². The number of nitrogens with one attached hydrogen (secondary N) is 1. The third-order valence-electron chi connectivity index (χ3n) is 2.15. The number of hydrogen-bond acceptors (Lipinski definition) is 3. The number of carbonyl (C=O) groups is 1. The highest BCUT2D eigenvalue weighted by molar-refractivity contribution is 9.11. The van der Waals surface area contributed by atoms with Gasteiger partial charge in [-0.25, -0.2) is 4.98 Å². The molecule has 0 fully saturated rings. The number of amides is 1. The Morgan fingerprint density at radius 3 is 2.94 bits per heavy atom. The maximum Gasteiger partial charge on any atom is 0.230 e. The Labute approximate surface area is 112 Å². The fourth-order valence-electron chi connectivity index (χ4n) is 1.40. The first kappa shape index (κ1) is 12.3. The van der Waals surface area contributed by atoms with E-state index in [1.807, 2.05) is 31.2 Å². The van der Waals surface area contributed by atoms with Gasteiger partial charge < -0.3 is 5.32 Å². The molecule has 1 N–H and O–H groups in total. The lowest BCUT2D eigenvalue weighted by molar-refractivity contribution is -0.115. The minimum atomic E-state index is -0.0440. The van der Waals surface area contributed by atoms with Crippen LogP contribution in [0.4, 0.5) is 5.82 Å². The van der Waals surface area contributed by atoms with Crippen LogP contribution in [0.2, 0.25) is 0 Å². The molecule has 0 aliphatic heterocycles. The Balaban J connectivity index is 1.98. The summed E-state index contributed by atoms with van der Waals surface area (Å²) in [7, 11) is 0. The van der Waals surface area contributed by atoms with E-state index >= 15 is 0 Å². The number of hydrogen-bond donors (Lipinski definition) is 1. The number of aromatic nitrogens is 1. The summed E-state index contributed by atoms with van der Waals surface area (Å²) in [5.41, 5.74) is 1.08. The Kier molecular flexibility index (Phi) is 3.91. The van der Waals surface area contributed by atoms with Crippen molar-refractivity contribution >= 4 is 39.0 Å². The molecule has 0 atom stereocenters. The monoisotopic (exact) mass is 310 g/mol. The van der Waals surface area contributed by atoms with Crippen LogP contribution in [-0.4, -0.2) is 10.9 Å². The van der Waals surface area contributed by atoms with Gasteiger partial charge in [0, 0.05) is 11.1 Å². The van der Waals surface area contributed by atoms with Crippen molar-refractivity contribution < 1.29 is 4.79 Å². The van der Waals surface area contributed by atoms with Crippen molar-refractivity contribution in [2.45, 2.75) is 13.3 Å². The summed E-state index contributed by atoms with van der Waals surface area (Å²) in [4.78, 5) is 16.9. The van der Waals surface area contributed by atoms with Crippen LogP contribution in [0.5, 0.6) is 0 Å². The van der Waals surface area contributed by atoms with Gasteiger partial charge in [0.05, 0.1) is 10.2 Å². The van der Waals surface area contributed by atoms with E-state index in [0.29, 0.717) is 12.2 Å². The minimum absolute atomic E-state index is 0.0440. The molecule has 2 aromatic heterocycles. The van der Waals surface area contributed by atoms with Gasteiger partial charge in [-0.05, 0) is 52.7 Å². The normalized spacial score (nSPS) is 10.2. The molecule has 2 aromatic rings. The second-order valence-electron chi connectivity index (χ2n) is 3.65. The Hall–Kier alpha value is -1.20. The number of thiophene rings is 1. The van der Waals surface area contributed by atoms with Crippen LogP contribution in [-0.2, 0) is 11.2 Å². The lowest BCUT2D eigenvalue weighted by atomic mass is 10.3. The van der Waals surface area contributed by atoms with E-state index in [9.17, 15) is 4.79 Å². The first-order valence-corrected chi connectivity index (χ1v) is 6.71. The van der Waals surface area contributed by atoms with Gasteiger partial charge in [0.25, 0.3) is 0 Å². The quantitative estimate of drug-likeness (QED) is 0.944. The molecule has 17 heavy (non-hydrogen) atoms. The standard InChI is InChI=1S/C12H11BrN2OS/c1-8-4-5-14-11(6-8)15-12(16)7-9-2-3-10(13)17-9/h2-6H,7H2,1H3,(H,14,15,16). The summed E-state index contributed by atoms with van der Waals surface area (Å²) in [6, 6.07) is 7.63. The highest BCUT2D eigenvalue weighted by atomic mass is 79.9. The number of halogens is 1. The molecule has 0 saturated carbocycles. The first-order chi connectivity index (χ1) is 8.13. The Morgan fingerprint density at radius 1 is 1.47 bits per heavy atom. The fourth-order valence-corrected chi connectivity index (χ4v) is 2.88. The molecule has 2 heterocycles. The molecule has 0 radical (unpaired) electrons. The van der Waals surface area contributed by atoms with Crippen molar-refractivity contribution in [3.8, 4) is 0 Å². The van der Waals surface area contributed by atoms with Crippen molar-refractivity contribution in [1.29, 1.82) is 0 Å². The first-order valence-electron chi connectivity index (χ1n) is 5.10. The summed E-state index contributed by atoms with van der Waals surface area (Å²) >= 11 is 4.94. The highest BCUT2D eigenvalue weighted by Gasteiger charge is 2.06. The van der Waals surface area contributed by atoms with E-state index in [-0.39, 0.29) is 5.91 Å². The molecule has 0 saturated heterocycles. The van der Waals surface area contributed by atoms with Gasteiger partial charge in [0.1, 0.15) is 5.82 Å². The van der Waals surface area contributed by atoms with Crippen molar-refractivity contribution in [1.82, 2.24) is 4.98 Å². The average Bonchev–Trinajstić information content (AvgIpc) is 2.63. The third kappa shape index (κ3) is 3.64. The lowest BCUT2D eigenvalue weighted by Gasteiger charge is -2.03. The highest BCUT2D eigenvalue weighted by Crippen LogP contribution is 2.22.